The van der Waals surface area contributed by atoms with Crippen molar-refractivity contribution in [1.29, 1.82) is 0 Å². The maximum atomic E-state index is 13.0. The molecule has 1 aromatic rings. The van der Waals surface area contributed by atoms with Crippen LogP contribution in [0.3, 0.4) is 0 Å². The molecular formula is C20H31N7O6S. The molecule has 4 atom stereocenters. The summed E-state index contributed by atoms with van der Waals surface area (Å²) in [4.78, 5) is 69.5. The number of hydrogen-bond acceptors (Lipinski definition) is 8. The molecule has 0 aliphatic carbocycles. The largest absolute Gasteiger partial charge is 0.480 e. The Kier molecular flexibility index (Phi) is 10.3. The zero-order valence-electron chi connectivity index (χ0n) is 18.9. The van der Waals surface area contributed by atoms with Gasteiger partial charge in [-0.15, -0.1) is 0 Å². The van der Waals surface area contributed by atoms with Gasteiger partial charge >= 0.3 is 5.97 Å². The third-order valence-electron chi connectivity index (χ3n) is 5.42. The zero-order valence-corrected chi connectivity index (χ0v) is 19.7. The second-order valence-electron chi connectivity index (χ2n) is 7.99. The smallest absolute Gasteiger partial charge is 0.326 e. The van der Waals surface area contributed by atoms with Gasteiger partial charge in [0.1, 0.15) is 18.1 Å². The van der Waals surface area contributed by atoms with Gasteiger partial charge in [0.15, 0.2) is 0 Å². The molecule has 0 saturated carbocycles. The number of aromatic amines is 1. The van der Waals surface area contributed by atoms with E-state index in [1.807, 2.05) is 6.26 Å². The van der Waals surface area contributed by atoms with Crippen molar-refractivity contribution < 1.29 is 29.1 Å². The second kappa shape index (κ2) is 12.9. The van der Waals surface area contributed by atoms with Gasteiger partial charge < -0.3 is 37.1 Å². The SMILES string of the molecule is CSCCC(NC(=O)C(N)Cc1cnc[nH]1)C(=O)NC(CC(N)=O)C(=O)N1CCCC1C(=O)O. The number of nitrogens with zero attached hydrogens (tertiary/aromatic N) is 2. The molecule has 1 fully saturated rings. The van der Waals surface area contributed by atoms with E-state index >= 15 is 0 Å². The monoisotopic (exact) mass is 497 g/mol. The summed E-state index contributed by atoms with van der Waals surface area (Å²) in [7, 11) is 0. The van der Waals surface area contributed by atoms with Gasteiger partial charge in [-0.25, -0.2) is 9.78 Å². The molecule has 1 aliphatic heterocycles. The van der Waals surface area contributed by atoms with Crippen LogP contribution >= 0.6 is 11.8 Å². The minimum Gasteiger partial charge on any atom is -0.480 e. The summed E-state index contributed by atoms with van der Waals surface area (Å²) < 4.78 is 0. The molecule has 13 nitrogen and oxygen atoms in total. The zero-order chi connectivity index (χ0) is 25.3. The molecule has 34 heavy (non-hydrogen) atoms. The Labute approximate surface area is 200 Å². The first-order valence-electron chi connectivity index (χ1n) is 10.8. The van der Waals surface area contributed by atoms with E-state index in [2.05, 4.69) is 20.6 Å². The first kappa shape index (κ1) is 27.1. The van der Waals surface area contributed by atoms with E-state index in [9.17, 15) is 29.1 Å². The Morgan fingerprint density at radius 3 is 2.56 bits per heavy atom. The van der Waals surface area contributed by atoms with Gasteiger partial charge in [-0.2, -0.15) is 11.8 Å². The molecule has 8 N–H and O–H groups in total. The molecule has 1 saturated heterocycles. The summed E-state index contributed by atoms with van der Waals surface area (Å²) >= 11 is 1.46. The van der Waals surface area contributed by atoms with E-state index in [0.29, 0.717) is 17.9 Å². The summed E-state index contributed by atoms with van der Waals surface area (Å²) in [5, 5.41) is 14.4. The maximum Gasteiger partial charge on any atom is 0.326 e. The fourth-order valence-electron chi connectivity index (χ4n) is 3.67. The molecule has 0 radical (unpaired) electrons. The number of carboxylic acid groups (broad SMARTS) is 1. The number of amides is 4. The van der Waals surface area contributed by atoms with Gasteiger partial charge in [-0.3, -0.25) is 19.2 Å². The minimum absolute atomic E-state index is 0.178. The normalized spacial score (nSPS) is 18.1. The number of hydrogen-bond donors (Lipinski definition) is 6. The standard InChI is InChI=1S/C20H31N7O6S/c1-34-6-4-13(25-17(29)12(21)7-11-9-23-10-24-11)18(30)26-14(8-16(22)28)19(31)27-5-2-3-15(27)20(32)33/h9-10,12-15H,2-8,21H2,1H3,(H2,22,28)(H,23,24)(H,25,29)(H,26,30)(H,32,33). The molecule has 1 aromatic heterocycles. The lowest BCUT2D eigenvalue weighted by Crippen LogP contribution is -2.58. The van der Waals surface area contributed by atoms with E-state index in [0.717, 1.165) is 4.90 Å². The second-order valence-corrected chi connectivity index (χ2v) is 8.98. The summed E-state index contributed by atoms with van der Waals surface area (Å²) in [5.41, 5.74) is 11.9. The number of H-pyrrole nitrogens is 1. The van der Waals surface area contributed by atoms with Gasteiger partial charge in [-0.05, 0) is 31.3 Å². The lowest BCUT2D eigenvalue weighted by Gasteiger charge is -2.28. The molecule has 0 aromatic carbocycles. The number of nitrogens with two attached hydrogens (primary N) is 2. The van der Waals surface area contributed by atoms with E-state index in [1.54, 1.807) is 0 Å². The fraction of sp³-hybridized carbons (Fsp3) is 0.600. The van der Waals surface area contributed by atoms with Crippen LogP contribution in [0.2, 0.25) is 0 Å². The fourth-order valence-corrected chi connectivity index (χ4v) is 4.14. The van der Waals surface area contributed by atoms with Crippen LogP contribution in [0, 0.1) is 0 Å². The number of aromatic nitrogens is 2. The van der Waals surface area contributed by atoms with Crippen LogP contribution in [0.5, 0.6) is 0 Å². The average molecular weight is 498 g/mol. The van der Waals surface area contributed by atoms with Crippen molar-refractivity contribution >= 4 is 41.4 Å². The molecule has 0 spiro atoms. The number of primary amides is 1. The van der Waals surface area contributed by atoms with Gasteiger partial charge in [-0.1, -0.05) is 0 Å². The van der Waals surface area contributed by atoms with Crippen molar-refractivity contribution in [2.45, 2.75) is 56.3 Å². The maximum absolute atomic E-state index is 13.0. The summed E-state index contributed by atoms with van der Waals surface area (Å²) in [6, 6.07) is -4.36. The van der Waals surface area contributed by atoms with Gasteiger partial charge in [0, 0.05) is 24.9 Å². The Morgan fingerprint density at radius 2 is 1.97 bits per heavy atom. The molecule has 4 unspecified atom stereocenters. The van der Waals surface area contributed by atoms with Crippen LogP contribution in [0.15, 0.2) is 12.5 Å². The number of likely N-dealkylation sites (tertiary alicyclic amines) is 1. The number of imidazole rings is 1. The molecule has 4 amide bonds. The summed E-state index contributed by atoms with van der Waals surface area (Å²) in [5.74, 6) is -3.44. The predicted octanol–water partition coefficient (Wildman–Crippen LogP) is -2.05. The lowest BCUT2D eigenvalue weighted by atomic mass is 10.1. The highest BCUT2D eigenvalue weighted by molar-refractivity contribution is 7.98. The topological polar surface area (TPSA) is 214 Å². The quantitative estimate of drug-likeness (QED) is 0.177. The number of thioether (sulfide) groups is 1. The van der Waals surface area contributed by atoms with Crippen molar-refractivity contribution in [3.63, 3.8) is 0 Å². The third-order valence-corrected chi connectivity index (χ3v) is 6.06. The van der Waals surface area contributed by atoms with Gasteiger partial charge in [0.05, 0.1) is 18.8 Å². The van der Waals surface area contributed by atoms with Crippen LogP contribution < -0.4 is 22.1 Å². The Balaban J connectivity index is 2.11. The van der Waals surface area contributed by atoms with E-state index in [4.69, 9.17) is 11.5 Å². The first-order valence-corrected chi connectivity index (χ1v) is 12.2. The Morgan fingerprint density at radius 1 is 1.26 bits per heavy atom. The molecule has 2 rings (SSSR count). The van der Waals surface area contributed by atoms with E-state index < -0.39 is 60.2 Å². The van der Waals surface area contributed by atoms with Crippen LogP contribution in [0.4, 0.5) is 0 Å². The van der Waals surface area contributed by atoms with Crippen molar-refractivity contribution in [2.75, 3.05) is 18.6 Å². The van der Waals surface area contributed by atoms with Crippen LogP contribution in [-0.2, 0) is 30.4 Å². The van der Waals surface area contributed by atoms with Crippen LogP contribution in [0.1, 0.15) is 31.4 Å². The van der Waals surface area contributed by atoms with Gasteiger partial charge in [0.2, 0.25) is 23.6 Å². The molecule has 0 bridgehead atoms. The molecule has 2 heterocycles. The summed E-state index contributed by atoms with van der Waals surface area (Å²) in [6.07, 6.45) is 5.51. The predicted molar refractivity (Wildman–Crippen MR) is 123 cm³/mol. The average Bonchev–Trinajstić information content (AvgIpc) is 3.47. The molecule has 14 heteroatoms. The first-order chi connectivity index (χ1) is 16.1. The highest BCUT2D eigenvalue weighted by atomic mass is 32.2. The van der Waals surface area contributed by atoms with Gasteiger partial charge in [0.25, 0.3) is 0 Å². The number of carbonyl (C=O) groups is 5. The van der Waals surface area contributed by atoms with Crippen molar-refractivity contribution in [1.82, 2.24) is 25.5 Å². The minimum atomic E-state index is -1.35. The number of nitrogens with one attached hydrogen (secondary N) is 3. The number of aliphatic carboxylic acids is 1. The van der Waals surface area contributed by atoms with Crippen LogP contribution in [-0.4, -0.2) is 92.3 Å². The highest BCUT2D eigenvalue weighted by Gasteiger charge is 2.39. The number of carboxylic acids is 1. The molecule has 1 aliphatic rings. The van der Waals surface area contributed by atoms with Crippen molar-refractivity contribution in [3.05, 3.63) is 18.2 Å². The van der Waals surface area contributed by atoms with Crippen LogP contribution in [0.25, 0.3) is 0 Å². The number of rotatable bonds is 13. The van der Waals surface area contributed by atoms with E-state index in [1.165, 1.54) is 24.3 Å². The molecule has 188 valence electrons. The Bertz CT molecular complexity index is 881. The third kappa shape index (κ3) is 7.73. The molecular weight excluding hydrogens is 466 g/mol. The lowest BCUT2D eigenvalue weighted by molar-refractivity contribution is -0.149. The summed E-state index contributed by atoms with van der Waals surface area (Å²) in [6.45, 7) is 0.191. The highest BCUT2D eigenvalue weighted by Crippen LogP contribution is 2.19. The van der Waals surface area contributed by atoms with E-state index in [-0.39, 0.29) is 25.8 Å². The number of carbonyl (C=O) groups excluding carboxylic acids is 4. The van der Waals surface area contributed by atoms with Crippen molar-refractivity contribution in [3.8, 4) is 0 Å². The van der Waals surface area contributed by atoms with Crippen molar-refractivity contribution in [2.24, 2.45) is 11.5 Å². The Hall–Kier alpha value is -3.13.